The minimum absolute atomic E-state index is 0.140. The molecular formula is C15H31BN2O. The van der Waals surface area contributed by atoms with Gasteiger partial charge in [-0.05, 0) is 24.5 Å². The Morgan fingerprint density at radius 1 is 1.42 bits per heavy atom. The van der Waals surface area contributed by atoms with Crippen LogP contribution in [0.15, 0.2) is 11.8 Å². The van der Waals surface area contributed by atoms with E-state index in [4.69, 9.17) is 13.6 Å². The highest BCUT2D eigenvalue weighted by molar-refractivity contribution is 6.15. The smallest absolute Gasteiger partial charge is 0.230 e. The van der Waals surface area contributed by atoms with E-state index in [1.807, 2.05) is 47.7 Å². The lowest BCUT2D eigenvalue weighted by atomic mass is 9.59. The molecular weight excluding hydrogens is 235 g/mol. The summed E-state index contributed by atoms with van der Waals surface area (Å²) in [7, 11) is 7.96. The molecule has 2 radical (unpaired) electrons. The largest absolute Gasteiger partial charge is 0.330 e. The summed E-state index contributed by atoms with van der Waals surface area (Å²) in [5.41, 5.74) is 6.71. The standard InChI is InChI=1S/C11H19BN2O.2C2H6/c1-8(6-13)11(2,12)5-9-4-10(15)14(3)7-9;2*1-2/h7-8H,4-6,13H2,1-3H3;2*1-2H3. The van der Waals surface area contributed by atoms with E-state index in [9.17, 15) is 4.79 Å². The average molecular weight is 266 g/mol. The maximum Gasteiger partial charge on any atom is 0.230 e. The number of rotatable bonds is 4. The molecule has 1 rings (SSSR count). The second-order valence-corrected chi connectivity index (χ2v) is 4.79. The summed E-state index contributed by atoms with van der Waals surface area (Å²) >= 11 is 0. The third-order valence-corrected chi connectivity index (χ3v) is 3.24. The predicted octanol–water partition coefficient (Wildman–Crippen LogP) is 3.12. The summed E-state index contributed by atoms with van der Waals surface area (Å²) in [4.78, 5) is 12.9. The van der Waals surface area contributed by atoms with Gasteiger partial charge >= 0.3 is 0 Å². The molecule has 1 aliphatic rings. The number of hydrogen-bond acceptors (Lipinski definition) is 2. The van der Waals surface area contributed by atoms with E-state index in [2.05, 4.69) is 0 Å². The molecule has 1 amide bonds. The van der Waals surface area contributed by atoms with Gasteiger partial charge in [-0.1, -0.05) is 46.9 Å². The van der Waals surface area contributed by atoms with E-state index in [0.717, 1.165) is 12.0 Å². The van der Waals surface area contributed by atoms with E-state index in [-0.39, 0.29) is 17.1 Å². The molecule has 19 heavy (non-hydrogen) atoms. The highest BCUT2D eigenvalue weighted by Crippen LogP contribution is 2.39. The third-order valence-electron chi connectivity index (χ3n) is 3.24. The van der Waals surface area contributed by atoms with Crippen LogP contribution >= 0.6 is 0 Å². The van der Waals surface area contributed by atoms with Gasteiger partial charge in [0.2, 0.25) is 5.91 Å². The Bertz CT molecular complexity index is 288. The molecule has 1 heterocycles. The topological polar surface area (TPSA) is 46.3 Å². The second-order valence-electron chi connectivity index (χ2n) is 4.79. The number of carbonyl (C=O) groups is 1. The van der Waals surface area contributed by atoms with Crippen molar-refractivity contribution in [2.45, 2.75) is 59.7 Å². The fourth-order valence-electron chi connectivity index (χ4n) is 1.75. The summed E-state index contributed by atoms with van der Waals surface area (Å²) < 4.78 is 0. The van der Waals surface area contributed by atoms with E-state index in [1.165, 1.54) is 0 Å². The molecule has 0 saturated heterocycles. The average Bonchev–Trinajstić information content (AvgIpc) is 2.71. The van der Waals surface area contributed by atoms with Crippen molar-refractivity contribution < 1.29 is 4.79 Å². The minimum atomic E-state index is -0.327. The van der Waals surface area contributed by atoms with Gasteiger partial charge in [0.15, 0.2) is 0 Å². The number of carbonyl (C=O) groups excluding carboxylic acids is 1. The van der Waals surface area contributed by atoms with Crippen LogP contribution in [0.5, 0.6) is 0 Å². The molecule has 1 aliphatic heterocycles. The summed E-state index contributed by atoms with van der Waals surface area (Å²) in [6.45, 7) is 12.6. The summed E-state index contributed by atoms with van der Waals surface area (Å²) in [6, 6.07) is 0. The molecule has 0 aliphatic carbocycles. The van der Waals surface area contributed by atoms with Crippen LogP contribution in [0.2, 0.25) is 5.31 Å². The van der Waals surface area contributed by atoms with Gasteiger partial charge in [-0.3, -0.25) is 4.79 Å². The molecule has 2 unspecified atom stereocenters. The van der Waals surface area contributed by atoms with Gasteiger partial charge in [0, 0.05) is 19.7 Å². The van der Waals surface area contributed by atoms with Crippen LogP contribution in [-0.2, 0) is 4.79 Å². The lowest BCUT2D eigenvalue weighted by Gasteiger charge is -2.31. The first-order valence-electron chi connectivity index (χ1n) is 7.31. The van der Waals surface area contributed by atoms with Crippen LogP contribution in [0.25, 0.3) is 0 Å². The molecule has 0 saturated carbocycles. The van der Waals surface area contributed by atoms with Gasteiger partial charge in [-0.2, -0.15) is 0 Å². The molecule has 0 bridgehead atoms. The van der Waals surface area contributed by atoms with Crippen LogP contribution in [0, 0.1) is 5.92 Å². The van der Waals surface area contributed by atoms with Crippen molar-refractivity contribution in [1.82, 2.24) is 4.90 Å². The molecule has 2 atom stereocenters. The number of nitrogens with two attached hydrogens (primary N) is 1. The van der Waals surface area contributed by atoms with Crippen LogP contribution in [-0.4, -0.2) is 32.2 Å². The molecule has 0 aromatic carbocycles. The van der Waals surface area contributed by atoms with Crippen molar-refractivity contribution in [3.05, 3.63) is 11.8 Å². The molecule has 0 aromatic heterocycles. The van der Waals surface area contributed by atoms with E-state index < -0.39 is 0 Å². The van der Waals surface area contributed by atoms with Gasteiger partial charge in [-0.25, -0.2) is 0 Å². The highest BCUT2D eigenvalue weighted by Gasteiger charge is 2.28. The summed E-state index contributed by atoms with van der Waals surface area (Å²) in [6.07, 6.45) is 3.12. The van der Waals surface area contributed by atoms with Crippen molar-refractivity contribution in [2.24, 2.45) is 11.7 Å². The molecule has 4 heteroatoms. The number of hydrogen-bond donors (Lipinski definition) is 1. The van der Waals surface area contributed by atoms with Crippen molar-refractivity contribution >= 4 is 13.8 Å². The fourth-order valence-corrected chi connectivity index (χ4v) is 1.75. The quantitative estimate of drug-likeness (QED) is 0.795. The first-order valence-corrected chi connectivity index (χ1v) is 7.31. The molecule has 3 nitrogen and oxygen atoms in total. The maximum atomic E-state index is 11.3. The Labute approximate surface area is 121 Å². The predicted molar refractivity (Wildman–Crippen MR) is 85.1 cm³/mol. The molecule has 2 N–H and O–H groups in total. The Balaban J connectivity index is 0. The van der Waals surface area contributed by atoms with Crippen molar-refractivity contribution in [2.75, 3.05) is 13.6 Å². The monoisotopic (exact) mass is 266 g/mol. The van der Waals surface area contributed by atoms with Gasteiger partial charge in [0.1, 0.15) is 0 Å². The first kappa shape index (κ1) is 20.6. The van der Waals surface area contributed by atoms with Gasteiger partial charge < -0.3 is 10.6 Å². The lowest BCUT2D eigenvalue weighted by Crippen LogP contribution is -2.26. The highest BCUT2D eigenvalue weighted by atomic mass is 16.2. The van der Waals surface area contributed by atoms with Gasteiger partial charge in [0.25, 0.3) is 0 Å². The van der Waals surface area contributed by atoms with Crippen molar-refractivity contribution in [3.63, 3.8) is 0 Å². The molecule has 110 valence electrons. The van der Waals surface area contributed by atoms with Crippen LogP contribution in [0.3, 0.4) is 0 Å². The third kappa shape index (κ3) is 6.81. The van der Waals surface area contributed by atoms with Gasteiger partial charge in [-0.15, -0.1) is 0 Å². The fraction of sp³-hybridized carbons (Fsp3) is 0.800. The molecule has 0 fully saturated rings. The van der Waals surface area contributed by atoms with Crippen molar-refractivity contribution in [1.29, 1.82) is 0 Å². The zero-order valence-electron chi connectivity index (χ0n) is 13.8. The summed E-state index contributed by atoms with van der Waals surface area (Å²) in [5, 5.41) is -0.327. The number of amides is 1. The zero-order chi connectivity index (χ0) is 15.6. The van der Waals surface area contributed by atoms with Crippen LogP contribution < -0.4 is 5.73 Å². The Morgan fingerprint density at radius 2 is 1.89 bits per heavy atom. The van der Waals surface area contributed by atoms with Crippen molar-refractivity contribution in [3.8, 4) is 0 Å². The van der Waals surface area contributed by atoms with Gasteiger partial charge in [0.05, 0.1) is 7.85 Å². The van der Waals surface area contributed by atoms with E-state index in [0.29, 0.717) is 13.0 Å². The lowest BCUT2D eigenvalue weighted by molar-refractivity contribution is -0.125. The maximum absolute atomic E-state index is 11.3. The second kappa shape index (κ2) is 10.1. The minimum Gasteiger partial charge on any atom is -0.330 e. The zero-order valence-corrected chi connectivity index (χ0v) is 13.8. The van der Waals surface area contributed by atoms with E-state index >= 15 is 0 Å². The molecule has 0 spiro atoms. The first-order chi connectivity index (χ1) is 8.86. The normalized spacial score (nSPS) is 18.4. The Kier molecular flexibility index (Phi) is 10.9. The Hall–Kier alpha value is -0.765. The molecule has 0 aromatic rings. The van der Waals surface area contributed by atoms with Crippen LogP contribution in [0.1, 0.15) is 54.4 Å². The van der Waals surface area contributed by atoms with Crippen LogP contribution in [0.4, 0.5) is 0 Å². The summed E-state index contributed by atoms with van der Waals surface area (Å²) in [5.74, 6) is 0.389. The Morgan fingerprint density at radius 3 is 2.21 bits per heavy atom. The number of nitrogens with zero attached hydrogens (tertiary/aromatic N) is 1. The van der Waals surface area contributed by atoms with E-state index in [1.54, 1.807) is 11.9 Å². The SMILES string of the molecule is CC.CC.[B]C(C)(CC1=CN(C)C(=O)C1)C(C)CN.